The van der Waals surface area contributed by atoms with Gasteiger partial charge in [0.15, 0.2) is 0 Å². The summed E-state index contributed by atoms with van der Waals surface area (Å²) in [6.07, 6.45) is 5.61. The molecule has 1 aromatic rings. The van der Waals surface area contributed by atoms with Gasteiger partial charge in [-0.25, -0.2) is 0 Å². The number of ether oxygens (including phenoxy) is 1. The summed E-state index contributed by atoms with van der Waals surface area (Å²) in [6, 6.07) is 1.87. The fraction of sp³-hybridized carbons (Fsp3) is 0.714. The van der Waals surface area contributed by atoms with Gasteiger partial charge in [0.05, 0.1) is 6.42 Å². The van der Waals surface area contributed by atoms with Gasteiger partial charge >= 0.3 is 0 Å². The highest BCUT2D eigenvalue weighted by Crippen LogP contribution is 2.31. The summed E-state index contributed by atoms with van der Waals surface area (Å²) in [6.45, 7) is 3.62. The number of likely N-dealkylation sites (tertiary alicyclic amines) is 1. The Bertz CT molecular complexity index is 412. The standard InChI is InChI=1S/C14H21N3O2/c18-14(9-13-1-5-15-16-13)17-6-2-12(10-17)11-3-7-19-8-4-11/h1,5,11-12H,2-4,6-10H2,(H,15,16). The lowest BCUT2D eigenvalue weighted by molar-refractivity contribution is -0.129. The van der Waals surface area contributed by atoms with Crippen molar-refractivity contribution in [1.82, 2.24) is 15.1 Å². The molecule has 1 aromatic heterocycles. The van der Waals surface area contributed by atoms with Crippen molar-refractivity contribution in [2.45, 2.75) is 25.7 Å². The predicted octanol–water partition coefficient (Wildman–Crippen LogP) is 1.23. The lowest BCUT2D eigenvalue weighted by atomic mass is 9.85. The molecular weight excluding hydrogens is 242 g/mol. The van der Waals surface area contributed by atoms with Gasteiger partial charge in [-0.3, -0.25) is 9.89 Å². The van der Waals surface area contributed by atoms with Crippen LogP contribution in [0.25, 0.3) is 0 Å². The molecule has 1 amide bonds. The van der Waals surface area contributed by atoms with Gasteiger partial charge in [-0.1, -0.05) is 0 Å². The second kappa shape index (κ2) is 5.74. The van der Waals surface area contributed by atoms with E-state index in [0.29, 0.717) is 12.3 Å². The van der Waals surface area contributed by atoms with E-state index in [9.17, 15) is 4.79 Å². The zero-order chi connectivity index (χ0) is 13.1. The molecule has 1 unspecified atom stereocenters. The lowest BCUT2D eigenvalue weighted by Crippen LogP contribution is -2.32. The van der Waals surface area contributed by atoms with E-state index in [-0.39, 0.29) is 5.91 Å². The minimum Gasteiger partial charge on any atom is -0.381 e. The van der Waals surface area contributed by atoms with E-state index in [4.69, 9.17) is 4.74 Å². The molecule has 0 spiro atoms. The average Bonchev–Trinajstić information content (AvgIpc) is 3.10. The Morgan fingerprint density at radius 3 is 2.95 bits per heavy atom. The number of rotatable bonds is 3. The van der Waals surface area contributed by atoms with Crippen LogP contribution in [0.15, 0.2) is 12.3 Å². The second-order valence-electron chi connectivity index (χ2n) is 5.60. The fourth-order valence-corrected chi connectivity index (χ4v) is 3.24. The summed E-state index contributed by atoms with van der Waals surface area (Å²) < 4.78 is 5.41. The van der Waals surface area contributed by atoms with Gasteiger partial charge in [-0.15, -0.1) is 0 Å². The van der Waals surface area contributed by atoms with Gasteiger partial charge in [0, 0.05) is 38.2 Å². The molecule has 0 radical (unpaired) electrons. The lowest BCUT2D eigenvalue weighted by Gasteiger charge is -2.27. The molecule has 0 aromatic carbocycles. The molecule has 5 nitrogen and oxygen atoms in total. The van der Waals surface area contributed by atoms with Crippen LogP contribution in [0.2, 0.25) is 0 Å². The van der Waals surface area contributed by atoms with Gasteiger partial charge in [-0.2, -0.15) is 5.10 Å². The molecule has 2 saturated heterocycles. The number of carbonyl (C=O) groups is 1. The van der Waals surface area contributed by atoms with Crippen LogP contribution in [0.3, 0.4) is 0 Å². The number of aromatic amines is 1. The van der Waals surface area contributed by atoms with E-state index in [1.807, 2.05) is 11.0 Å². The molecule has 19 heavy (non-hydrogen) atoms. The molecule has 104 valence electrons. The third kappa shape index (κ3) is 2.97. The summed E-state index contributed by atoms with van der Waals surface area (Å²) in [7, 11) is 0. The summed E-state index contributed by atoms with van der Waals surface area (Å²) in [5.41, 5.74) is 0.902. The molecule has 2 fully saturated rings. The molecule has 5 heteroatoms. The Balaban J connectivity index is 1.52. The summed E-state index contributed by atoms with van der Waals surface area (Å²) in [4.78, 5) is 14.2. The van der Waals surface area contributed by atoms with E-state index in [1.165, 1.54) is 0 Å². The first-order chi connectivity index (χ1) is 9.33. The Labute approximate surface area is 113 Å². The number of carbonyl (C=O) groups excluding carboxylic acids is 1. The van der Waals surface area contributed by atoms with E-state index in [0.717, 1.165) is 57.2 Å². The molecule has 0 aliphatic carbocycles. The summed E-state index contributed by atoms with van der Waals surface area (Å²) in [5.74, 6) is 1.65. The largest absolute Gasteiger partial charge is 0.381 e. The van der Waals surface area contributed by atoms with Crippen molar-refractivity contribution in [3.05, 3.63) is 18.0 Å². The Morgan fingerprint density at radius 2 is 2.21 bits per heavy atom. The van der Waals surface area contributed by atoms with Crippen molar-refractivity contribution in [3.8, 4) is 0 Å². The smallest absolute Gasteiger partial charge is 0.228 e. The third-order valence-corrected chi connectivity index (χ3v) is 4.41. The molecule has 2 aliphatic heterocycles. The quantitative estimate of drug-likeness (QED) is 0.892. The van der Waals surface area contributed by atoms with Crippen molar-refractivity contribution >= 4 is 5.91 Å². The maximum atomic E-state index is 12.2. The minimum absolute atomic E-state index is 0.221. The van der Waals surface area contributed by atoms with E-state index < -0.39 is 0 Å². The maximum absolute atomic E-state index is 12.2. The molecule has 0 bridgehead atoms. The number of nitrogens with one attached hydrogen (secondary N) is 1. The number of amides is 1. The molecule has 3 heterocycles. The average molecular weight is 263 g/mol. The molecule has 1 N–H and O–H groups in total. The molecular formula is C14H21N3O2. The predicted molar refractivity (Wildman–Crippen MR) is 70.5 cm³/mol. The Hall–Kier alpha value is -1.36. The van der Waals surface area contributed by atoms with Crippen molar-refractivity contribution < 1.29 is 9.53 Å². The fourth-order valence-electron chi connectivity index (χ4n) is 3.24. The van der Waals surface area contributed by atoms with Gasteiger partial charge in [0.1, 0.15) is 0 Å². The summed E-state index contributed by atoms with van der Waals surface area (Å²) in [5, 5.41) is 6.73. The molecule has 1 atom stereocenters. The normalized spacial score (nSPS) is 24.8. The number of H-pyrrole nitrogens is 1. The SMILES string of the molecule is O=C(Cc1ccn[nH]1)N1CCC(C2CCOCC2)C1. The van der Waals surface area contributed by atoms with Crippen molar-refractivity contribution in [2.75, 3.05) is 26.3 Å². The van der Waals surface area contributed by atoms with Gasteiger partial charge < -0.3 is 9.64 Å². The van der Waals surface area contributed by atoms with Crippen molar-refractivity contribution in [2.24, 2.45) is 11.8 Å². The van der Waals surface area contributed by atoms with Crippen molar-refractivity contribution in [1.29, 1.82) is 0 Å². The van der Waals surface area contributed by atoms with E-state index in [2.05, 4.69) is 10.2 Å². The highest BCUT2D eigenvalue weighted by atomic mass is 16.5. The monoisotopic (exact) mass is 263 g/mol. The van der Waals surface area contributed by atoms with Crippen LogP contribution < -0.4 is 0 Å². The van der Waals surface area contributed by atoms with Crippen LogP contribution in [-0.2, 0) is 16.0 Å². The molecule has 0 saturated carbocycles. The number of nitrogens with zero attached hydrogens (tertiary/aromatic N) is 2. The number of hydrogen-bond donors (Lipinski definition) is 1. The first-order valence-corrected chi connectivity index (χ1v) is 7.16. The van der Waals surface area contributed by atoms with Crippen molar-refractivity contribution in [3.63, 3.8) is 0 Å². The number of hydrogen-bond acceptors (Lipinski definition) is 3. The van der Waals surface area contributed by atoms with Gasteiger partial charge in [-0.05, 0) is 37.2 Å². The first kappa shape index (κ1) is 12.7. The maximum Gasteiger partial charge on any atom is 0.228 e. The van der Waals surface area contributed by atoms with Crippen LogP contribution >= 0.6 is 0 Å². The summed E-state index contributed by atoms with van der Waals surface area (Å²) >= 11 is 0. The second-order valence-corrected chi connectivity index (χ2v) is 5.60. The van der Waals surface area contributed by atoms with Crippen LogP contribution in [0.5, 0.6) is 0 Å². The van der Waals surface area contributed by atoms with Crippen LogP contribution in [0.1, 0.15) is 25.0 Å². The highest BCUT2D eigenvalue weighted by Gasteiger charge is 2.32. The first-order valence-electron chi connectivity index (χ1n) is 7.16. The molecule has 2 aliphatic rings. The van der Waals surface area contributed by atoms with E-state index in [1.54, 1.807) is 6.20 Å². The van der Waals surface area contributed by atoms with E-state index >= 15 is 0 Å². The molecule has 3 rings (SSSR count). The van der Waals surface area contributed by atoms with Crippen LogP contribution in [0.4, 0.5) is 0 Å². The Kier molecular flexibility index (Phi) is 3.82. The zero-order valence-corrected chi connectivity index (χ0v) is 11.2. The van der Waals surface area contributed by atoms with Crippen LogP contribution in [-0.4, -0.2) is 47.3 Å². The topological polar surface area (TPSA) is 58.2 Å². The Morgan fingerprint density at radius 1 is 1.37 bits per heavy atom. The van der Waals surface area contributed by atoms with Gasteiger partial charge in [0.2, 0.25) is 5.91 Å². The third-order valence-electron chi connectivity index (χ3n) is 4.41. The highest BCUT2D eigenvalue weighted by molar-refractivity contribution is 5.78. The zero-order valence-electron chi connectivity index (χ0n) is 11.2. The van der Waals surface area contributed by atoms with Crippen LogP contribution in [0, 0.1) is 11.8 Å². The number of aromatic nitrogens is 2. The minimum atomic E-state index is 0.221. The van der Waals surface area contributed by atoms with Gasteiger partial charge in [0.25, 0.3) is 0 Å².